The van der Waals surface area contributed by atoms with Gasteiger partial charge < -0.3 is 11.5 Å². The van der Waals surface area contributed by atoms with E-state index in [1.165, 1.54) is 24.3 Å². The standard InChI is InChI=1S/C12H12F2N2/c13-10-4-2-1-3-8(10)9-5-6-12(15,16)7-11(9)14/h1-6H,7,15-16H2. The fourth-order valence-corrected chi connectivity index (χ4v) is 1.67. The van der Waals surface area contributed by atoms with Gasteiger partial charge in [0, 0.05) is 17.6 Å². The summed E-state index contributed by atoms with van der Waals surface area (Å²) < 4.78 is 27.2. The van der Waals surface area contributed by atoms with Crippen LogP contribution in [0.25, 0.3) is 5.57 Å². The van der Waals surface area contributed by atoms with Gasteiger partial charge in [-0.25, -0.2) is 8.78 Å². The van der Waals surface area contributed by atoms with Gasteiger partial charge in [-0.15, -0.1) is 0 Å². The van der Waals surface area contributed by atoms with Gasteiger partial charge in [0.05, 0.1) is 5.66 Å². The van der Waals surface area contributed by atoms with Crippen LogP contribution in [-0.4, -0.2) is 5.66 Å². The zero-order chi connectivity index (χ0) is 11.8. The minimum atomic E-state index is -1.18. The van der Waals surface area contributed by atoms with Crippen molar-refractivity contribution in [2.75, 3.05) is 0 Å². The van der Waals surface area contributed by atoms with E-state index in [0.717, 1.165) is 0 Å². The molecule has 0 heterocycles. The molecule has 2 rings (SSSR count). The van der Waals surface area contributed by atoms with Crippen LogP contribution in [0.3, 0.4) is 0 Å². The van der Waals surface area contributed by atoms with Crippen molar-refractivity contribution in [2.45, 2.75) is 12.1 Å². The van der Waals surface area contributed by atoms with Crippen LogP contribution in [0.1, 0.15) is 12.0 Å². The van der Waals surface area contributed by atoms with E-state index in [1.54, 1.807) is 12.1 Å². The Morgan fingerprint density at radius 1 is 1.12 bits per heavy atom. The fourth-order valence-electron chi connectivity index (χ4n) is 1.67. The summed E-state index contributed by atoms with van der Waals surface area (Å²) in [7, 11) is 0. The highest BCUT2D eigenvalue weighted by Gasteiger charge is 2.25. The third-order valence-corrected chi connectivity index (χ3v) is 2.48. The Morgan fingerprint density at radius 3 is 2.44 bits per heavy atom. The molecule has 0 saturated heterocycles. The van der Waals surface area contributed by atoms with Crippen LogP contribution in [0, 0.1) is 5.82 Å². The van der Waals surface area contributed by atoms with Crippen molar-refractivity contribution in [1.29, 1.82) is 0 Å². The van der Waals surface area contributed by atoms with Crippen LogP contribution in [0.15, 0.2) is 42.2 Å². The first-order valence-corrected chi connectivity index (χ1v) is 4.90. The minimum Gasteiger partial charge on any atom is -0.310 e. The number of hydrogen-bond donors (Lipinski definition) is 2. The van der Waals surface area contributed by atoms with Gasteiger partial charge in [-0.2, -0.15) is 0 Å². The molecule has 0 saturated carbocycles. The van der Waals surface area contributed by atoms with E-state index in [2.05, 4.69) is 0 Å². The second-order valence-corrected chi connectivity index (χ2v) is 3.92. The minimum absolute atomic E-state index is 0.118. The van der Waals surface area contributed by atoms with Crippen molar-refractivity contribution in [3.05, 3.63) is 53.6 Å². The number of hydrogen-bond acceptors (Lipinski definition) is 2. The van der Waals surface area contributed by atoms with Crippen LogP contribution in [0.2, 0.25) is 0 Å². The SMILES string of the molecule is NC1(N)C=CC(c2ccccc2F)=C(F)C1. The lowest BCUT2D eigenvalue weighted by molar-refractivity contribution is 0.467. The lowest BCUT2D eigenvalue weighted by atomic mass is 9.93. The maximum absolute atomic E-state index is 13.7. The molecule has 0 atom stereocenters. The van der Waals surface area contributed by atoms with Gasteiger partial charge in [0.1, 0.15) is 11.6 Å². The number of benzene rings is 1. The third kappa shape index (κ3) is 2.03. The summed E-state index contributed by atoms with van der Waals surface area (Å²) in [5.74, 6) is -0.948. The first kappa shape index (κ1) is 11.0. The fraction of sp³-hybridized carbons (Fsp3) is 0.167. The Kier molecular flexibility index (Phi) is 2.61. The van der Waals surface area contributed by atoms with Crippen molar-refractivity contribution in [1.82, 2.24) is 0 Å². The van der Waals surface area contributed by atoms with E-state index >= 15 is 0 Å². The van der Waals surface area contributed by atoms with E-state index < -0.39 is 17.3 Å². The predicted octanol–water partition coefficient (Wildman–Crippen LogP) is 2.08. The highest BCUT2D eigenvalue weighted by Crippen LogP contribution is 2.31. The van der Waals surface area contributed by atoms with Crippen molar-refractivity contribution in [3.63, 3.8) is 0 Å². The van der Waals surface area contributed by atoms with Crippen LogP contribution < -0.4 is 11.5 Å². The summed E-state index contributed by atoms with van der Waals surface area (Å²) in [5.41, 5.74) is 10.4. The Morgan fingerprint density at radius 2 is 1.81 bits per heavy atom. The van der Waals surface area contributed by atoms with E-state index in [9.17, 15) is 8.78 Å². The number of halogens is 2. The lowest BCUT2D eigenvalue weighted by Crippen LogP contribution is -2.48. The molecule has 1 aliphatic rings. The monoisotopic (exact) mass is 222 g/mol. The molecule has 0 unspecified atom stereocenters. The van der Waals surface area contributed by atoms with Crippen molar-refractivity contribution < 1.29 is 8.78 Å². The molecule has 4 heteroatoms. The molecule has 1 aromatic carbocycles. The Hall–Kier alpha value is -1.52. The van der Waals surface area contributed by atoms with Crippen molar-refractivity contribution in [2.24, 2.45) is 11.5 Å². The highest BCUT2D eigenvalue weighted by molar-refractivity contribution is 5.77. The lowest BCUT2D eigenvalue weighted by Gasteiger charge is -2.24. The molecule has 0 aromatic heterocycles. The zero-order valence-electron chi connectivity index (χ0n) is 8.58. The second kappa shape index (κ2) is 3.81. The zero-order valence-corrected chi connectivity index (χ0v) is 8.58. The summed E-state index contributed by atoms with van der Waals surface area (Å²) in [6.45, 7) is 0. The molecule has 0 bridgehead atoms. The quantitative estimate of drug-likeness (QED) is 0.715. The van der Waals surface area contributed by atoms with Gasteiger partial charge >= 0.3 is 0 Å². The van der Waals surface area contributed by atoms with E-state index in [-0.39, 0.29) is 17.6 Å². The highest BCUT2D eigenvalue weighted by atomic mass is 19.1. The molecule has 1 aliphatic carbocycles. The molecule has 0 amide bonds. The molecule has 0 fully saturated rings. The van der Waals surface area contributed by atoms with E-state index in [4.69, 9.17) is 11.5 Å². The van der Waals surface area contributed by atoms with E-state index in [1.807, 2.05) is 0 Å². The van der Waals surface area contributed by atoms with Gasteiger partial charge in [0.2, 0.25) is 0 Å². The normalized spacial score (nSPS) is 19.0. The van der Waals surface area contributed by atoms with Crippen molar-refractivity contribution >= 4 is 5.57 Å². The van der Waals surface area contributed by atoms with Gasteiger partial charge in [-0.1, -0.05) is 24.3 Å². The Balaban J connectivity index is 2.45. The van der Waals surface area contributed by atoms with Gasteiger partial charge in [-0.05, 0) is 12.1 Å². The first-order valence-electron chi connectivity index (χ1n) is 4.90. The predicted molar refractivity (Wildman–Crippen MR) is 59.3 cm³/mol. The molecule has 16 heavy (non-hydrogen) atoms. The number of nitrogens with two attached hydrogens (primary N) is 2. The molecule has 0 spiro atoms. The summed E-state index contributed by atoms with van der Waals surface area (Å²) in [4.78, 5) is 0. The van der Waals surface area contributed by atoms with Crippen LogP contribution in [-0.2, 0) is 0 Å². The molecular weight excluding hydrogens is 210 g/mol. The average Bonchev–Trinajstić information content (AvgIpc) is 2.18. The maximum Gasteiger partial charge on any atom is 0.131 e. The van der Waals surface area contributed by atoms with Gasteiger partial charge in [0.25, 0.3) is 0 Å². The summed E-state index contributed by atoms with van der Waals surface area (Å²) >= 11 is 0. The van der Waals surface area contributed by atoms with Gasteiger partial charge in [-0.3, -0.25) is 0 Å². The molecule has 2 nitrogen and oxygen atoms in total. The van der Waals surface area contributed by atoms with E-state index in [0.29, 0.717) is 0 Å². The Labute approximate surface area is 92.2 Å². The van der Waals surface area contributed by atoms with Crippen LogP contribution >= 0.6 is 0 Å². The van der Waals surface area contributed by atoms with Crippen LogP contribution in [0.5, 0.6) is 0 Å². The average molecular weight is 222 g/mol. The molecule has 4 N–H and O–H groups in total. The van der Waals surface area contributed by atoms with Crippen molar-refractivity contribution in [3.8, 4) is 0 Å². The maximum atomic E-state index is 13.7. The Bertz CT molecular complexity index is 476. The largest absolute Gasteiger partial charge is 0.310 e. The molecular formula is C12H12F2N2. The third-order valence-electron chi connectivity index (χ3n) is 2.48. The summed E-state index contributed by atoms with van der Waals surface area (Å²) in [6.07, 6.45) is 2.79. The first-order chi connectivity index (χ1) is 7.49. The second-order valence-electron chi connectivity index (χ2n) is 3.92. The molecule has 0 radical (unpaired) electrons. The number of rotatable bonds is 1. The number of allylic oxidation sites excluding steroid dienone is 2. The van der Waals surface area contributed by atoms with Gasteiger partial charge in [0.15, 0.2) is 0 Å². The summed E-state index contributed by atoms with van der Waals surface area (Å²) in [6, 6.07) is 6.02. The molecule has 1 aromatic rings. The summed E-state index contributed by atoms with van der Waals surface area (Å²) in [5, 5.41) is 0. The molecule has 0 aliphatic heterocycles. The molecule has 84 valence electrons. The topological polar surface area (TPSA) is 52.0 Å². The van der Waals surface area contributed by atoms with Crippen LogP contribution in [0.4, 0.5) is 8.78 Å². The smallest absolute Gasteiger partial charge is 0.131 e.